The van der Waals surface area contributed by atoms with Gasteiger partial charge in [-0.05, 0) is 30.0 Å². The van der Waals surface area contributed by atoms with Gasteiger partial charge in [0, 0.05) is 25.7 Å². The fraction of sp³-hybridized carbons (Fsp3) is 0.333. The van der Waals surface area contributed by atoms with Gasteiger partial charge in [0.05, 0.1) is 5.41 Å². The van der Waals surface area contributed by atoms with E-state index in [0.29, 0.717) is 13.0 Å². The van der Waals surface area contributed by atoms with Crippen molar-refractivity contribution in [2.75, 3.05) is 18.5 Å². The second-order valence-electron chi connectivity index (χ2n) is 6.65. The third-order valence-corrected chi connectivity index (χ3v) is 4.88. The lowest BCUT2D eigenvalue weighted by Crippen LogP contribution is -2.44. The van der Waals surface area contributed by atoms with Crippen molar-refractivity contribution in [3.63, 3.8) is 0 Å². The maximum Gasteiger partial charge on any atom is 0.238 e. The lowest BCUT2D eigenvalue weighted by molar-refractivity contribution is -0.129. The summed E-state index contributed by atoms with van der Waals surface area (Å²) in [5.41, 5.74) is 2.05. The maximum atomic E-state index is 13.2. The van der Waals surface area contributed by atoms with Crippen LogP contribution in [0.15, 0.2) is 54.6 Å². The standard InChI is InChI=1S/C21H24N2O2/c1-3-13-22-19(24)15-21(14-16-9-5-4-6-10-16)17-11-7-8-12-18(17)23(2)20(21)25/h4-12H,3,13-15H2,1-2H3,(H,22,24)/t21-/m1/s1. The molecule has 1 aliphatic rings. The first-order valence-corrected chi connectivity index (χ1v) is 8.77. The van der Waals surface area contributed by atoms with Crippen LogP contribution in [0.2, 0.25) is 0 Å². The largest absolute Gasteiger partial charge is 0.356 e. The highest BCUT2D eigenvalue weighted by Crippen LogP contribution is 2.45. The minimum atomic E-state index is -0.843. The highest BCUT2D eigenvalue weighted by molar-refractivity contribution is 6.09. The molecule has 0 aliphatic carbocycles. The second kappa shape index (κ2) is 7.09. The molecule has 0 spiro atoms. The smallest absolute Gasteiger partial charge is 0.238 e. The molecule has 0 saturated heterocycles. The summed E-state index contributed by atoms with van der Waals surface area (Å²) in [4.78, 5) is 27.5. The summed E-state index contributed by atoms with van der Waals surface area (Å²) in [6.07, 6.45) is 1.57. The Kier molecular flexibility index (Phi) is 4.88. The van der Waals surface area contributed by atoms with Crippen LogP contribution in [0.5, 0.6) is 0 Å². The number of amides is 2. The van der Waals surface area contributed by atoms with Gasteiger partial charge in [-0.3, -0.25) is 9.59 Å². The molecule has 0 fully saturated rings. The number of nitrogens with zero attached hydrogens (tertiary/aromatic N) is 1. The van der Waals surface area contributed by atoms with Crippen LogP contribution in [0, 0.1) is 0 Å². The quantitative estimate of drug-likeness (QED) is 0.881. The lowest BCUT2D eigenvalue weighted by Gasteiger charge is -2.28. The molecule has 0 bridgehead atoms. The van der Waals surface area contributed by atoms with Crippen LogP contribution < -0.4 is 10.2 Å². The lowest BCUT2D eigenvalue weighted by atomic mass is 9.73. The summed E-state index contributed by atoms with van der Waals surface area (Å²) >= 11 is 0. The molecular formula is C21H24N2O2. The summed E-state index contributed by atoms with van der Waals surface area (Å²) in [5, 5.41) is 2.93. The number of carbonyl (C=O) groups excluding carboxylic acids is 2. The predicted molar refractivity (Wildman–Crippen MR) is 99.6 cm³/mol. The number of para-hydroxylation sites is 1. The number of benzene rings is 2. The molecular weight excluding hydrogens is 312 g/mol. The average molecular weight is 336 g/mol. The van der Waals surface area contributed by atoms with Crippen LogP contribution in [-0.2, 0) is 21.4 Å². The summed E-state index contributed by atoms with van der Waals surface area (Å²) in [6.45, 7) is 2.65. The van der Waals surface area contributed by atoms with E-state index in [9.17, 15) is 9.59 Å². The van der Waals surface area contributed by atoms with Gasteiger partial charge in [-0.25, -0.2) is 0 Å². The zero-order chi connectivity index (χ0) is 17.9. The van der Waals surface area contributed by atoms with Crippen LogP contribution in [0.1, 0.15) is 30.9 Å². The molecule has 0 radical (unpaired) electrons. The Morgan fingerprint density at radius 3 is 2.48 bits per heavy atom. The van der Waals surface area contributed by atoms with Crippen molar-refractivity contribution in [1.29, 1.82) is 0 Å². The second-order valence-corrected chi connectivity index (χ2v) is 6.65. The summed E-state index contributed by atoms with van der Waals surface area (Å²) in [5.74, 6) is -0.0829. The van der Waals surface area contributed by atoms with Gasteiger partial charge in [-0.15, -0.1) is 0 Å². The molecule has 2 amide bonds. The van der Waals surface area contributed by atoms with E-state index in [0.717, 1.165) is 23.2 Å². The van der Waals surface area contributed by atoms with E-state index >= 15 is 0 Å². The molecule has 0 saturated carbocycles. The highest BCUT2D eigenvalue weighted by Gasteiger charge is 2.50. The van der Waals surface area contributed by atoms with E-state index in [1.54, 1.807) is 11.9 Å². The fourth-order valence-corrected chi connectivity index (χ4v) is 3.67. The highest BCUT2D eigenvalue weighted by atomic mass is 16.2. The number of nitrogens with one attached hydrogen (secondary N) is 1. The Hall–Kier alpha value is -2.62. The minimum absolute atomic E-state index is 0.01000. The Balaban J connectivity index is 2.03. The van der Waals surface area contributed by atoms with Crippen molar-refractivity contribution in [3.05, 3.63) is 65.7 Å². The van der Waals surface area contributed by atoms with Crippen molar-refractivity contribution >= 4 is 17.5 Å². The third kappa shape index (κ3) is 3.16. The van der Waals surface area contributed by atoms with E-state index in [2.05, 4.69) is 5.32 Å². The van der Waals surface area contributed by atoms with Gasteiger partial charge in [0.1, 0.15) is 0 Å². The van der Waals surface area contributed by atoms with Crippen LogP contribution in [0.4, 0.5) is 5.69 Å². The fourth-order valence-electron chi connectivity index (χ4n) is 3.67. The van der Waals surface area contributed by atoms with Gasteiger partial charge in [-0.1, -0.05) is 55.5 Å². The molecule has 0 unspecified atom stereocenters. The molecule has 2 aromatic rings. The molecule has 1 heterocycles. The van der Waals surface area contributed by atoms with E-state index < -0.39 is 5.41 Å². The van der Waals surface area contributed by atoms with Crippen molar-refractivity contribution in [3.8, 4) is 0 Å². The molecule has 4 nitrogen and oxygen atoms in total. The minimum Gasteiger partial charge on any atom is -0.356 e. The number of fused-ring (bicyclic) bond motifs is 1. The monoisotopic (exact) mass is 336 g/mol. The SMILES string of the molecule is CCCNC(=O)C[C@@]1(Cc2ccccc2)C(=O)N(C)c2ccccc21. The zero-order valence-corrected chi connectivity index (χ0v) is 14.8. The topological polar surface area (TPSA) is 49.4 Å². The van der Waals surface area contributed by atoms with Crippen molar-refractivity contribution in [1.82, 2.24) is 5.32 Å². The molecule has 25 heavy (non-hydrogen) atoms. The first-order chi connectivity index (χ1) is 12.1. The molecule has 1 atom stereocenters. The van der Waals surface area contributed by atoms with E-state index in [4.69, 9.17) is 0 Å². The number of anilines is 1. The van der Waals surface area contributed by atoms with Crippen molar-refractivity contribution in [2.24, 2.45) is 0 Å². The Labute approximate surface area is 148 Å². The van der Waals surface area contributed by atoms with Crippen molar-refractivity contribution < 1.29 is 9.59 Å². The van der Waals surface area contributed by atoms with Crippen LogP contribution in [0.3, 0.4) is 0 Å². The molecule has 130 valence electrons. The Bertz CT molecular complexity index is 772. The molecule has 0 aromatic heterocycles. The number of likely N-dealkylation sites (N-methyl/N-ethyl adjacent to an activating group) is 1. The van der Waals surface area contributed by atoms with Gasteiger partial charge < -0.3 is 10.2 Å². The number of hydrogen-bond acceptors (Lipinski definition) is 2. The normalized spacial score (nSPS) is 19.0. The molecule has 2 aromatic carbocycles. The first kappa shape index (κ1) is 17.2. The van der Waals surface area contributed by atoms with Crippen LogP contribution in [0.25, 0.3) is 0 Å². The van der Waals surface area contributed by atoms with Crippen molar-refractivity contribution in [2.45, 2.75) is 31.6 Å². The maximum absolute atomic E-state index is 13.2. The molecule has 4 heteroatoms. The Morgan fingerprint density at radius 2 is 1.76 bits per heavy atom. The van der Waals surface area contributed by atoms with Gasteiger partial charge in [0.25, 0.3) is 0 Å². The summed E-state index contributed by atoms with van der Waals surface area (Å²) < 4.78 is 0. The van der Waals surface area contributed by atoms with E-state index in [1.165, 1.54) is 0 Å². The van der Waals surface area contributed by atoms with Gasteiger partial charge in [0.2, 0.25) is 11.8 Å². The first-order valence-electron chi connectivity index (χ1n) is 8.77. The zero-order valence-electron chi connectivity index (χ0n) is 14.8. The number of carbonyl (C=O) groups is 2. The van der Waals surface area contributed by atoms with Crippen LogP contribution in [-0.4, -0.2) is 25.4 Å². The molecule has 3 rings (SSSR count). The van der Waals surface area contributed by atoms with Crippen LogP contribution >= 0.6 is 0 Å². The third-order valence-electron chi connectivity index (χ3n) is 4.88. The van der Waals surface area contributed by atoms with Gasteiger partial charge in [0.15, 0.2) is 0 Å². The summed E-state index contributed by atoms with van der Waals surface area (Å²) in [7, 11) is 1.79. The van der Waals surface area contributed by atoms with Gasteiger partial charge >= 0.3 is 0 Å². The predicted octanol–water partition coefficient (Wildman–Crippen LogP) is 3.06. The number of rotatable bonds is 6. The van der Waals surface area contributed by atoms with Gasteiger partial charge in [-0.2, -0.15) is 0 Å². The van der Waals surface area contributed by atoms with E-state index in [1.807, 2.05) is 61.5 Å². The molecule has 1 aliphatic heterocycles. The number of hydrogen-bond donors (Lipinski definition) is 1. The molecule has 1 N–H and O–H groups in total. The summed E-state index contributed by atoms with van der Waals surface area (Å²) in [6, 6.07) is 17.7. The Morgan fingerprint density at radius 1 is 1.08 bits per heavy atom. The average Bonchev–Trinajstić information content (AvgIpc) is 2.84. The van der Waals surface area contributed by atoms with E-state index in [-0.39, 0.29) is 18.2 Å².